The monoisotopic (exact) mass is 848 g/mol. The first-order valence-electron chi connectivity index (χ1n) is 17.9. The van der Waals surface area contributed by atoms with Gasteiger partial charge in [0.15, 0.2) is 0 Å². The van der Waals surface area contributed by atoms with Crippen molar-refractivity contribution in [3.05, 3.63) is 63.3 Å². The Morgan fingerprint density at radius 1 is 0.424 bits per heavy atom. The Hall–Kier alpha value is -4.84. The molecule has 0 aliphatic heterocycles. The standard InChI is InChI=1S/C38H56O21/c1-7-31(45)54-17-25(39)37(26(40)18-55-32(46)8-2,27(41)19-56-33(47)9-3)23-52-15-13-51-14-16-53-24-38(28(42)20-57-34(48)10-4,29(43)21-58-35(49)11-5)30(44)22-59-36(50)12-6/h7-11,25-30,39-44H,1-5,12-24H2,6H3. The molecule has 6 unspecified atom stereocenters. The summed E-state index contributed by atoms with van der Waals surface area (Å²) in [4.78, 5) is 70.7. The van der Waals surface area contributed by atoms with Crippen LogP contribution in [0.5, 0.6) is 0 Å². The lowest BCUT2D eigenvalue weighted by atomic mass is 9.73. The van der Waals surface area contributed by atoms with Crippen molar-refractivity contribution in [3.8, 4) is 0 Å². The van der Waals surface area contributed by atoms with Crippen LogP contribution in [-0.2, 0) is 71.4 Å². The Morgan fingerprint density at radius 3 is 0.864 bits per heavy atom. The minimum absolute atomic E-state index is 0.0829. The van der Waals surface area contributed by atoms with Gasteiger partial charge in [0.25, 0.3) is 0 Å². The Kier molecular flexibility index (Phi) is 27.0. The second-order valence-electron chi connectivity index (χ2n) is 12.2. The van der Waals surface area contributed by atoms with Crippen molar-refractivity contribution in [2.45, 2.75) is 50.0 Å². The number of ether oxygens (including phenoxy) is 9. The van der Waals surface area contributed by atoms with E-state index in [-0.39, 0.29) is 32.8 Å². The first-order chi connectivity index (χ1) is 28.0. The molecule has 59 heavy (non-hydrogen) atoms. The van der Waals surface area contributed by atoms with Crippen LogP contribution in [0.25, 0.3) is 0 Å². The van der Waals surface area contributed by atoms with E-state index < -0.39 is 136 Å². The predicted octanol–water partition coefficient (Wildman–Crippen LogP) is -2.23. The SMILES string of the molecule is C=CC(=O)OCC(O)C(COCCOCCOCC(C(O)COC(=O)C=C)(C(O)COC(=O)C=C)C(O)COC(=O)CC)(C(O)COC(=O)C=C)C(O)COC(=O)C=C. The van der Waals surface area contributed by atoms with Crippen LogP contribution in [0.3, 0.4) is 0 Å². The number of hydrogen-bond acceptors (Lipinski definition) is 21. The van der Waals surface area contributed by atoms with Gasteiger partial charge in [-0.15, -0.1) is 0 Å². The molecule has 0 saturated heterocycles. The molecule has 0 aromatic heterocycles. The van der Waals surface area contributed by atoms with Crippen molar-refractivity contribution >= 4 is 35.8 Å². The van der Waals surface area contributed by atoms with Crippen LogP contribution in [0.1, 0.15) is 13.3 Å². The van der Waals surface area contributed by atoms with Gasteiger partial charge in [-0.3, -0.25) is 4.79 Å². The summed E-state index contributed by atoms with van der Waals surface area (Å²) >= 11 is 0. The van der Waals surface area contributed by atoms with E-state index in [0.29, 0.717) is 0 Å². The summed E-state index contributed by atoms with van der Waals surface area (Å²) in [5, 5.41) is 67.1. The van der Waals surface area contributed by atoms with Gasteiger partial charge < -0.3 is 73.3 Å². The van der Waals surface area contributed by atoms with Crippen molar-refractivity contribution in [1.82, 2.24) is 0 Å². The molecule has 0 radical (unpaired) electrons. The highest BCUT2D eigenvalue weighted by Crippen LogP contribution is 2.35. The molecule has 21 nitrogen and oxygen atoms in total. The lowest BCUT2D eigenvalue weighted by Crippen LogP contribution is -2.61. The molecule has 0 aromatic rings. The summed E-state index contributed by atoms with van der Waals surface area (Å²) in [5.74, 6) is -5.59. The zero-order chi connectivity index (χ0) is 45.0. The minimum atomic E-state index is -2.26. The van der Waals surface area contributed by atoms with Crippen LogP contribution in [-0.4, -0.2) is 182 Å². The van der Waals surface area contributed by atoms with Gasteiger partial charge in [0.1, 0.15) is 76.3 Å². The number of carbonyl (C=O) groups excluding carboxylic acids is 6. The number of esters is 6. The van der Waals surface area contributed by atoms with Crippen molar-refractivity contribution in [3.63, 3.8) is 0 Å². The van der Waals surface area contributed by atoms with Gasteiger partial charge >= 0.3 is 35.8 Å². The zero-order valence-corrected chi connectivity index (χ0v) is 32.9. The van der Waals surface area contributed by atoms with Crippen molar-refractivity contribution in [1.29, 1.82) is 0 Å². The molecule has 0 amide bonds. The highest BCUT2D eigenvalue weighted by atomic mass is 16.6. The fourth-order valence-corrected chi connectivity index (χ4v) is 5.05. The molecular formula is C38H56O21. The molecule has 0 aliphatic carbocycles. The summed E-state index contributed by atoms with van der Waals surface area (Å²) in [5.41, 5.74) is -4.49. The average Bonchev–Trinajstić information content (AvgIpc) is 3.24. The maximum Gasteiger partial charge on any atom is 0.330 e. The lowest BCUT2D eigenvalue weighted by Gasteiger charge is -2.44. The molecule has 0 heterocycles. The maximum absolute atomic E-state index is 11.9. The van der Waals surface area contributed by atoms with Gasteiger partial charge in [0.05, 0.1) is 50.5 Å². The van der Waals surface area contributed by atoms with Crippen LogP contribution in [0.4, 0.5) is 0 Å². The van der Waals surface area contributed by atoms with E-state index in [2.05, 4.69) is 32.9 Å². The van der Waals surface area contributed by atoms with E-state index in [9.17, 15) is 59.4 Å². The smallest absolute Gasteiger partial charge is 0.330 e. The normalized spacial score (nSPS) is 16.1. The van der Waals surface area contributed by atoms with Gasteiger partial charge in [-0.25, -0.2) is 24.0 Å². The average molecular weight is 849 g/mol. The van der Waals surface area contributed by atoms with Crippen molar-refractivity contribution < 1.29 is 102 Å². The minimum Gasteiger partial charge on any atom is -0.463 e. The summed E-state index contributed by atoms with van der Waals surface area (Å²) in [6, 6.07) is 0. The first-order valence-corrected chi connectivity index (χ1v) is 17.9. The Labute approximate surface area is 341 Å². The van der Waals surface area contributed by atoms with E-state index in [4.69, 9.17) is 42.6 Å². The van der Waals surface area contributed by atoms with Crippen LogP contribution in [0.15, 0.2) is 63.3 Å². The molecule has 0 rings (SSSR count). The molecule has 0 aliphatic rings. The topological polar surface area (TPSA) is 307 Å². The highest BCUT2D eigenvalue weighted by Gasteiger charge is 2.53. The molecule has 6 N–H and O–H groups in total. The third kappa shape index (κ3) is 18.3. The van der Waals surface area contributed by atoms with Crippen molar-refractivity contribution in [2.24, 2.45) is 10.8 Å². The molecule has 21 heteroatoms. The van der Waals surface area contributed by atoms with Crippen LogP contribution in [0.2, 0.25) is 0 Å². The Balaban J connectivity index is 6.06. The van der Waals surface area contributed by atoms with E-state index >= 15 is 0 Å². The van der Waals surface area contributed by atoms with Crippen LogP contribution >= 0.6 is 0 Å². The molecule has 0 saturated carbocycles. The number of rotatable bonds is 34. The van der Waals surface area contributed by atoms with Gasteiger partial charge in [0, 0.05) is 36.8 Å². The number of aliphatic hydroxyl groups is 6. The lowest BCUT2D eigenvalue weighted by molar-refractivity contribution is -0.210. The first kappa shape index (κ1) is 54.2. The van der Waals surface area contributed by atoms with Gasteiger partial charge in [-0.1, -0.05) is 39.8 Å². The van der Waals surface area contributed by atoms with Gasteiger partial charge in [-0.2, -0.15) is 0 Å². The van der Waals surface area contributed by atoms with Crippen molar-refractivity contribution in [2.75, 3.05) is 79.3 Å². The largest absolute Gasteiger partial charge is 0.463 e. The van der Waals surface area contributed by atoms with E-state index in [1.807, 2.05) is 0 Å². The molecule has 334 valence electrons. The summed E-state index contributed by atoms with van der Waals surface area (Å²) in [7, 11) is 0. The maximum atomic E-state index is 11.9. The highest BCUT2D eigenvalue weighted by molar-refractivity contribution is 5.82. The van der Waals surface area contributed by atoms with Gasteiger partial charge in [-0.05, 0) is 0 Å². The predicted molar refractivity (Wildman–Crippen MR) is 200 cm³/mol. The molecular weight excluding hydrogens is 792 g/mol. The second kappa shape index (κ2) is 29.4. The molecule has 6 atom stereocenters. The number of hydrogen-bond donors (Lipinski definition) is 6. The van der Waals surface area contributed by atoms with Crippen LogP contribution < -0.4 is 0 Å². The van der Waals surface area contributed by atoms with E-state index in [1.165, 1.54) is 6.92 Å². The fourth-order valence-electron chi connectivity index (χ4n) is 5.05. The summed E-state index contributed by atoms with van der Waals surface area (Å²) in [6.45, 7) is 10.2. The summed E-state index contributed by atoms with van der Waals surface area (Å²) in [6.07, 6.45) is -7.70. The molecule has 0 fully saturated rings. The van der Waals surface area contributed by atoms with E-state index in [1.54, 1.807) is 0 Å². The summed E-state index contributed by atoms with van der Waals surface area (Å²) < 4.78 is 46.3. The fraction of sp³-hybridized carbons (Fsp3) is 0.579. The zero-order valence-electron chi connectivity index (χ0n) is 32.9. The quantitative estimate of drug-likeness (QED) is 0.0173. The Bertz CT molecular complexity index is 1290. The molecule has 0 aromatic carbocycles. The Morgan fingerprint density at radius 2 is 0.644 bits per heavy atom. The van der Waals surface area contributed by atoms with Crippen LogP contribution in [0, 0.1) is 10.8 Å². The third-order valence-corrected chi connectivity index (χ3v) is 8.61. The number of aliphatic hydroxyl groups excluding tert-OH is 6. The molecule has 0 spiro atoms. The van der Waals surface area contributed by atoms with Gasteiger partial charge in [0.2, 0.25) is 0 Å². The third-order valence-electron chi connectivity index (χ3n) is 8.61. The second-order valence-corrected chi connectivity index (χ2v) is 12.2. The molecule has 0 bridgehead atoms. The number of carbonyl (C=O) groups is 6. The van der Waals surface area contributed by atoms with E-state index in [0.717, 1.165) is 30.4 Å².